The summed E-state index contributed by atoms with van der Waals surface area (Å²) in [5.41, 5.74) is 1.23. The fourth-order valence-corrected chi connectivity index (χ4v) is 2.18. The molecule has 1 heterocycles. The van der Waals surface area contributed by atoms with E-state index in [1.54, 1.807) is 0 Å². The lowest BCUT2D eigenvalue weighted by Gasteiger charge is -2.37. The molecule has 2 rings (SSSR count). The first-order valence-corrected chi connectivity index (χ1v) is 5.39. The van der Waals surface area contributed by atoms with Crippen molar-refractivity contribution in [1.29, 1.82) is 0 Å². The molecule has 0 bridgehead atoms. The first kappa shape index (κ1) is 9.71. The lowest BCUT2D eigenvalue weighted by molar-refractivity contribution is -0.114. The highest BCUT2D eigenvalue weighted by molar-refractivity contribution is 5.92. The summed E-state index contributed by atoms with van der Waals surface area (Å²) < 4.78 is 5.44. The summed E-state index contributed by atoms with van der Waals surface area (Å²) in [6.45, 7) is 4.71. The second-order valence-electron chi connectivity index (χ2n) is 3.93. The van der Waals surface area contributed by atoms with E-state index in [9.17, 15) is 4.79 Å². The molecule has 0 saturated carbocycles. The third-order valence-corrected chi connectivity index (χ3v) is 3.02. The second kappa shape index (κ2) is 4.13. The number of carbonyl (C=O) groups is 1. The Kier molecular flexibility index (Phi) is 2.87. The lowest BCUT2D eigenvalue weighted by atomic mass is 10.1. The van der Waals surface area contributed by atoms with Crippen LogP contribution in [0.4, 0.5) is 0 Å². The third-order valence-electron chi connectivity index (χ3n) is 3.02. The van der Waals surface area contributed by atoms with E-state index in [0.29, 0.717) is 12.5 Å². The summed E-state index contributed by atoms with van der Waals surface area (Å²) >= 11 is 0. The van der Waals surface area contributed by atoms with Gasteiger partial charge in [-0.15, -0.1) is 0 Å². The Bertz CT molecular complexity index is 260. The Morgan fingerprint density at radius 3 is 3.07 bits per heavy atom. The number of hydrogen-bond donors (Lipinski definition) is 0. The minimum absolute atomic E-state index is 0.279. The van der Waals surface area contributed by atoms with Crippen LogP contribution in [0.5, 0.6) is 0 Å². The van der Waals surface area contributed by atoms with Gasteiger partial charge in [0.2, 0.25) is 0 Å². The Balaban J connectivity index is 2.07. The molecule has 1 atom stereocenters. The van der Waals surface area contributed by atoms with Crippen LogP contribution in [0.15, 0.2) is 11.8 Å². The first-order chi connectivity index (χ1) is 6.81. The quantitative estimate of drug-likeness (QED) is 0.666. The van der Waals surface area contributed by atoms with Crippen molar-refractivity contribution in [3.8, 4) is 0 Å². The number of rotatable bonds is 2. The van der Waals surface area contributed by atoms with Gasteiger partial charge in [-0.3, -0.25) is 4.79 Å². The number of ketones is 1. The average molecular weight is 195 g/mol. The van der Waals surface area contributed by atoms with Gasteiger partial charge >= 0.3 is 0 Å². The molecule has 0 amide bonds. The SMILES string of the molecule is CCC1COCCN1C1=CC(=O)CC1. The zero-order valence-electron chi connectivity index (χ0n) is 8.66. The maximum Gasteiger partial charge on any atom is 0.157 e. The molecule has 0 spiro atoms. The third kappa shape index (κ3) is 1.82. The molecule has 0 N–H and O–H groups in total. The van der Waals surface area contributed by atoms with Gasteiger partial charge in [0.15, 0.2) is 5.78 Å². The van der Waals surface area contributed by atoms with Crippen molar-refractivity contribution in [2.24, 2.45) is 0 Å². The lowest BCUT2D eigenvalue weighted by Crippen LogP contribution is -2.43. The highest BCUT2D eigenvalue weighted by Crippen LogP contribution is 2.24. The van der Waals surface area contributed by atoms with Crippen LogP contribution < -0.4 is 0 Å². The smallest absolute Gasteiger partial charge is 0.157 e. The summed E-state index contributed by atoms with van der Waals surface area (Å²) in [5.74, 6) is 0.279. The van der Waals surface area contributed by atoms with Crippen LogP contribution in [-0.4, -0.2) is 36.5 Å². The summed E-state index contributed by atoms with van der Waals surface area (Å²) in [7, 11) is 0. The Morgan fingerprint density at radius 2 is 2.43 bits per heavy atom. The number of hydrogen-bond acceptors (Lipinski definition) is 3. The Labute approximate surface area is 84.7 Å². The number of morpholine rings is 1. The Hall–Kier alpha value is -0.830. The number of nitrogens with zero attached hydrogens (tertiary/aromatic N) is 1. The van der Waals surface area contributed by atoms with E-state index in [-0.39, 0.29) is 5.78 Å². The molecule has 0 aromatic rings. The van der Waals surface area contributed by atoms with Crippen LogP contribution in [0.2, 0.25) is 0 Å². The van der Waals surface area contributed by atoms with Gasteiger partial charge in [0.25, 0.3) is 0 Å². The van der Waals surface area contributed by atoms with Crippen molar-refractivity contribution in [2.75, 3.05) is 19.8 Å². The molecule has 3 nitrogen and oxygen atoms in total. The van der Waals surface area contributed by atoms with Gasteiger partial charge in [0, 0.05) is 24.7 Å². The van der Waals surface area contributed by atoms with Crippen LogP contribution in [0.3, 0.4) is 0 Å². The van der Waals surface area contributed by atoms with Gasteiger partial charge in [0.05, 0.1) is 19.3 Å². The van der Waals surface area contributed by atoms with Crippen molar-refractivity contribution in [3.63, 3.8) is 0 Å². The van der Waals surface area contributed by atoms with Crippen molar-refractivity contribution in [1.82, 2.24) is 4.90 Å². The van der Waals surface area contributed by atoms with Crippen molar-refractivity contribution in [3.05, 3.63) is 11.8 Å². The van der Waals surface area contributed by atoms with Crippen LogP contribution in [0, 0.1) is 0 Å². The molecular weight excluding hydrogens is 178 g/mol. The fourth-order valence-electron chi connectivity index (χ4n) is 2.18. The summed E-state index contributed by atoms with van der Waals surface area (Å²) in [6, 6.07) is 0.473. The molecule has 0 radical (unpaired) electrons. The largest absolute Gasteiger partial charge is 0.377 e. The van der Waals surface area contributed by atoms with Crippen molar-refractivity contribution >= 4 is 5.78 Å². The molecular formula is C11H17NO2. The summed E-state index contributed by atoms with van der Waals surface area (Å²) in [5, 5.41) is 0. The molecule has 2 aliphatic rings. The van der Waals surface area contributed by atoms with Gasteiger partial charge in [-0.2, -0.15) is 0 Å². The second-order valence-corrected chi connectivity index (χ2v) is 3.93. The topological polar surface area (TPSA) is 29.5 Å². The van der Waals surface area contributed by atoms with Gasteiger partial charge in [-0.1, -0.05) is 6.92 Å². The molecule has 78 valence electrons. The normalized spacial score (nSPS) is 28.1. The molecule has 1 saturated heterocycles. The minimum Gasteiger partial charge on any atom is -0.377 e. The molecule has 1 aliphatic heterocycles. The maximum absolute atomic E-state index is 11.2. The van der Waals surface area contributed by atoms with Crippen molar-refractivity contribution in [2.45, 2.75) is 32.2 Å². The maximum atomic E-state index is 11.2. The first-order valence-electron chi connectivity index (χ1n) is 5.39. The van der Waals surface area contributed by atoms with Gasteiger partial charge in [0.1, 0.15) is 0 Å². The standard InChI is InChI=1S/C11H17NO2/c1-2-9-8-14-6-5-12(9)10-3-4-11(13)7-10/h7,9H,2-6,8H2,1H3. The molecule has 1 aliphatic carbocycles. The Morgan fingerprint density at radius 1 is 1.57 bits per heavy atom. The van der Waals surface area contributed by atoms with Crippen LogP contribution in [-0.2, 0) is 9.53 Å². The van der Waals surface area contributed by atoms with Gasteiger partial charge in [-0.25, -0.2) is 0 Å². The predicted molar refractivity (Wildman–Crippen MR) is 53.9 cm³/mol. The summed E-state index contributed by atoms with van der Waals surface area (Å²) in [4.78, 5) is 13.5. The monoisotopic (exact) mass is 195 g/mol. The molecule has 1 fully saturated rings. The molecule has 1 unspecified atom stereocenters. The minimum atomic E-state index is 0.279. The molecule has 0 aromatic carbocycles. The highest BCUT2D eigenvalue weighted by atomic mass is 16.5. The highest BCUT2D eigenvalue weighted by Gasteiger charge is 2.26. The van der Waals surface area contributed by atoms with E-state index >= 15 is 0 Å². The van der Waals surface area contributed by atoms with E-state index in [2.05, 4.69) is 11.8 Å². The van der Waals surface area contributed by atoms with Crippen LogP contribution >= 0.6 is 0 Å². The predicted octanol–water partition coefficient (Wildman–Crippen LogP) is 1.34. The molecule has 0 aromatic heterocycles. The molecule has 3 heteroatoms. The van der Waals surface area contributed by atoms with E-state index in [1.165, 1.54) is 5.70 Å². The molecule has 14 heavy (non-hydrogen) atoms. The zero-order chi connectivity index (χ0) is 9.97. The van der Waals surface area contributed by atoms with Crippen LogP contribution in [0.1, 0.15) is 26.2 Å². The van der Waals surface area contributed by atoms with E-state index < -0.39 is 0 Å². The van der Waals surface area contributed by atoms with E-state index in [1.807, 2.05) is 6.08 Å². The fraction of sp³-hybridized carbons (Fsp3) is 0.727. The van der Waals surface area contributed by atoms with Gasteiger partial charge in [-0.05, 0) is 12.8 Å². The van der Waals surface area contributed by atoms with E-state index in [0.717, 1.165) is 32.6 Å². The van der Waals surface area contributed by atoms with Gasteiger partial charge < -0.3 is 9.64 Å². The number of allylic oxidation sites excluding steroid dienone is 2. The average Bonchev–Trinajstić information content (AvgIpc) is 2.65. The van der Waals surface area contributed by atoms with E-state index in [4.69, 9.17) is 4.74 Å². The summed E-state index contributed by atoms with van der Waals surface area (Å²) in [6.07, 6.45) is 4.53. The number of carbonyl (C=O) groups excluding carboxylic acids is 1. The zero-order valence-corrected chi connectivity index (χ0v) is 8.66. The van der Waals surface area contributed by atoms with Crippen molar-refractivity contribution < 1.29 is 9.53 Å². The van der Waals surface area contributed by atoms with Crippen LogP contribution in [0.25, 0.3) is 0 Å². The number of ether oxygens (including phenoxy) is 1.